The standard InChI is InChI=1S/C12H15N3S2/c1-9(16)11-6-4-3-5-10(11)8-17-12-7-13-15(2)14-12/h3-7,9,16H,8H2,1-2H3. The number of hydrogen-bond acceptors (Lipinski definition) is 4. The predicted molar refractivity (Wildman–Crippen MR) is 74.4 cm³/mol. The van der Waals surface area contributed by atoms with Crippen LogP contribution in [0.1, 0.15) is 23.3 Å². The van der Waals surface area contributed by atoms with Gasteiger partial charge in [-0.3, -0.25) is 0 Å². The lowest BCUT2D eigenvalue weighted by Gasteiger charge is -2.10. The maximum atomic E-state index is 4.50. The number of hydrogen-bond donors (Lipinski definition) is 1. The number of rotatable bonds is 4. The van der Waals surface area contributed by atoms with Gasteiger partial charge in [-0.05, 0) is 18.1 Å². The summed E-state index contributed by atoms with van der Waals surface area (Å²) >= 11 is 6.20. The highest BCUT2D eigenvalue weighted by Gasteiger charge is 2.07. The molecule has 1 aromatic carbocycles. The predicted octanol–water partition coefficient (Wildman–Crippen LogP) is 3.10. The molecule has 0 saturated carbocycles. The lowest BCUT2D eigenvalue weighted by atomic mass is 10.1. The normalized spacial score (nSPS) is 12.6. The highest BCUT2D eigenvalue weighted by Crippen LogP contribution is 2.28. The molecule has 3 nitrogen and oxygen atoms in total. The van der Waals surface area contributed by atoms with E-state index in [1.54, 1.807) is 22.8 Å². The van der Waals surface area contributed by atoms with Crippen LogP contribution in [0.15, 0.2) is 35.5 Å². The van der Waals surface area contributed by atoms with Gasteiger partial charge in [-0.25, -0.2) is 0 Å². The molecule has 0 spiro atoms. The Labute approximate surface area is 111 Å². The van der Waals surface area contributed by atoms with E-state index < -0.39 is 0 Å². The van der Waals surface area contributed by atoms with Gasteiger partial charge < -0.3 is 0 Å². The van der Waals surface area contributed by atoms with Gasteiger partial charge in [-0.2, -0.15) is 22.5 Å². The number of aromatic nitrogens is 3. The topological polar surface area (TPSA) is 30.7 Å². The van der Waals surface area contributed by atoms with E-state index in [1.165, 1.54) is 11.1 Å². The first-order valence-electron chi connectivity index (χ1n) is 5.42. The summed E-state index contributed by atoms with van der Waals surface area (Å²) in [5, 5.41) is 9.52. The molecule has 1 aromatic heterocycles. The number of thioether (sulfide) groups is 1. The molecule has 5 heteroatoms. The second-order valence-electron chi connectivity index (χ2n) is 3.84. The van der Waals surface area contributed by atoms with E-state index in [0.29, 0.717) is 0 Å². The summed E-state index contributed by atoms with van der Waals surface area (Å²) in [7, 11) is 1.83. The van der Waals surface area contributed by atoms with Gasteiger partial charge in [0.25, 0.3) is 0 Å². The first kappa shape index (κ1) is 12.5. The van der Waals surface area contributed by atoms with E-state index >= 15 is 0 Å². The van der Waals surface area contributed by atoms with Crippen LogP contribution in [0.5, 0.6) is 0 Å². The van der Waals surface area contributed by atoms with E-state index in [9.17, 15) is 0 Å². The summed E-state index contributed by atoms with van der Waals surface area (Å²) < 4.78 is 0. The molecule has 1 atom stereocenters. The maximum Gasteiger partial charge on any atom is 0.139 e. The summed E-state index contributed by atoms with van der Waals surface area (Å²) in [5.74, 6) is 0.903. The van der Waals surface area contributed by atoms with Crippen molar-refractivity contribution in [2.24, 2.45) is 7.05 Å². The number of thiol groups is 1. The van der Waals surface area contributed by atoms with Crippen molar-refractivity contribution in [3.8, 4) is 0 Å². The largest absolute Gasteiger partial charge is 0.187 e. The van der Waals surface area contributed by atoms with Gasteiger partial charge in [-0.1, -0.05) is 36.0 Å². The van der Waals surface area contributed by atoms with E-state index in [4.69, 9.17) is 0 Å². The van der Waals surface area contributed by atoms with Gasteiger partial charge in [0, 0.05) is 18.1 Å². The van der Waals surface area contributed by atoms with Crippen LogP contribution in [0.3, 0.4) is 0 Å². The average molecular weight is 265 g/mol. The Bertz CT molecular complexity index is 494. The minimum atomic E-state index is 0.258. The molecule has 0 radical (unpaired) electrons. The Hall–Kier alpha value is -0.940. The van der Waals surface area contributed by atoms with Crippen molar-refractivity contribution in [3.05, 3.63) is 41.6 Å². The average Bonchev–Trinajstić information content (AvgIpc) is 2.73. The molecular formula is C12H15N3S2. The SMILES string of the molecule is CC(S)c1ccccc1CSc1cnn(C)n1. The van der Waals surface area contributed by atoms with Crippen LogP contribution in [0.4, 0.5) is 0 Å². The van der Waals surface area contributed by atoms with Crippen molar-refractivity contribution in [3.63, 3.8) is 0 Å². The molecule has 2 rings (SSSR count). The van der Waals surface area contributed by atoms with Crippen molar-refractivity contribution < 1.29 is 0 Å². The van der Waals surface area contributed by atoms with Crippen LogP contribution < -0.4 is 0 Å². The van der Waals surface area contributed by atoms with Crippen LogP contribution in [-0.4, -0.2) is 15.0 Å². The van der Waals surface area contributed by atoms with Gasteiger partial charge in [0.2, 0.25) is 0 Å². The highest BCUT2D eigenvalue weighted by atomic mass is 32.2. The Balaban J connectivity index is 2.08. The monoisotopic (exact) mass is 265 g/mol. The fraction of sp³-hybridized carbons (Fsp3) is 0.333. The molecule has 0 aliphatic carbocycles. The van der Waals surface area contributed by atoms with Crippen molar-refractivity contribution in [2.45, 2.75) is 23.0 Å². The van der Waals surface area contributed by atoms with Crippen molar-refractivity contribution in [2.75, 3.05) is 0 Å². The van der Waals surface area contributed by atoms with Gasteiger partial charge >= 0.3 is 0 Å². The molecule has 90 valence electrons. The molecule has 0 amide bonds. The summed E-state index contributed by atoms with van der Waals surface area (Å²) in [6.45, 7) is 2.09. The summed E-state index contributed by atoms with van der Waals surface area (Å²) in [6.07, 6.45) is 1.79. The molecular weight excluding hydrogens is 250 g/mol. The Morgan fingerprint density at radius 2 is 2.18 bits per heavy atom. The molecule has 1 unspecified atom stereocenters. The number of aryl methyl sites for hydroxylation is 1. The zero-order valence-electron chi connectivity index (χ0n) is 9.87. The lowest BCUT2D eigenvalue weighted by Crippen LogP contribution is -1.93. The van der Waals surface area contributed by atoms with E-state index in [1.807, 2.05) is 7.05 Å². The second-order valence-corrected chi connectivity index (χ2v) is 5.61. The molecule has 0 aliphatic heterocycles. The number of benzene rings is 1. The van der Waals surface area contributed by atoms with Crippen LogP contribution in [0.2, 0.25) is 0 Å². The van der Waals surface area contributed by atoms with E-state index in [2.05, 4.69) is 54.0 Å². The molecule has 0 aliphatic rings. The third kappa shape index (κ3) is 3.26. The fourth-order valence-corrected chi connectivity index (χ4v) is 2.73. The van der Waals surface area contributed by atoms with Crippen molar-refractivity contribution >= 4 is 24.4 Å². The minimum Gasteiger partial charge on any atom is -0.187 e. The Kier molecular flexibility index (Phi) is 4.12. The summed E-state index contributed by atoms with van der Waals surface area (Å²) in [6, 6.07) is 8.39. The zero-order chi connectivity index (χ0) is 12.3. The zero-order valence-corrected chi connectivity index (χ0v) is 11.6. The number of nitrogens with zero attached hydrogens (tertiary/aromatic N) is 3. The smallest absolute Gasteiger partial charge is 0.139 e. The molecule has 0 saturated heterocycles. The Morgan fingerprint density at radius 1 is 1.41 bits per heavy atom. The third-order valence-electron chi connectivity index (χ3n) is 2.46. The fourth-order valence-electron chi connectivity index (χ4n) is 1.62. The quantitative estimate of drug-likeness (QED) is 0.680. The highest BCUT2D eigenvalue weighted by molar-refractivity contribution is 7.98. The van der Waals surface area contributed by atoms with E-state index in [-0.39, 0.29) is 5.25 Å². The molecule has 1 heterocycles. The molecule has 2 aromatic rings. The van der Waals surface area contributed by atoms with Crippen LogP contribution in [0.25, 0.3) is 0 Å². The van der Waals surface area contributed by atoms with Gasteiger partial charge in [0.1, 0.15) is 5.03 Å². The van der Waals surface area contributed by atoms with Crippen molar-refractivity contribution in [1.29, 1.82) is 0 Å². The minimum absolute atomic E-state index is 0.258. The van der Waals surface area contributed by atoms with Crippen LogP contribution in [0, 0.1) is 0 Å². The first-order valence-corrected chi connectivity index (χ1v) is 6.92. The second kappa shape index (κ2) is 5.60. The van der Waals surface area contributed by atoms with Crippen molar-refractivity contribution in [1.82, 2.24) is 15.0 Å². The van der Waals surface area contributed by atoms with Crippen LogP contribution >= 0.6 is 24.4 Å². The van der Waals surface area contributed by atoms with Gasteiger partial charge in [0.05, 0.1) is 6.20 Å². The lowest BCUT2D eigenvalue weighted by molar-refractivity contribution is 0.641. The molecule has 0 N–H and O–H groups in total. The first-order chi connectivity index (χ1) is 8.16. The third-order valence-corrected chi connectivity index (χ3v) is 3.68. The van der Waals surface area contributed by atoms with Gasteiger partial charge in [0.15, 0.2) is 0 Å². The molecule has 17 heavy (non-hydrogen) atoms. The molecule has 0 bridgehead atoms. The maximum absolute atomic E-state index is 4.50. The Morgan fingerprint density at radius 3 is 2.82 bits per heavy atom. The van der Waals surface area contributed by atoms with E-state index in [0.717, 1.165) is 10.8 Å². The van der Waals surface area contributed by atoms with Crippen LogP contribution in [-0.2, 0) is 12.8 Å². The molecule has 0 fully saturated rings. The van der Waals surface area contributed by atoms with Gasteiger partial charge in [-0.15, -0.1) is 5.10 Å². The summed E-state index contributed by atoms with van der Waals surface area (Å²) in [4.78, 5) is 1.58. The summed E-state index contributed by atoms with van der Waals surface area (Å²) in [5.41, 5.74) is 2.60.